The van der Waals surface area contributed by atoms with Crippen molar-refractivity contribution in [1.29, 1.82) is 0 Å². The number of hydrogen-bond acceptors (Lipinski definition) is 3. The Labute approximate surface area is 96.6 Å². The first-order valence-corrected chi connectivity index (χ1v) is 7.02. The van der Waals surface area contributed by atoms with E-state index < -0.39 is 0 Å². The molecule has 88 valence electrons. The summed E-state index contributed by atoms with van der Waals surface area (Å²) in [6.45, 7) is 2.20. The van der Waals surface area contributed by atoms with Gasteiger partial charge in [-0.25, -0.2) is 0 Å². The maximum Gasteiger partial charge on any atom is 0.235 e. The summed E-state index contributed by atoms with van der Waals surface area (Å²) in [6, 6.07) is 0.433. The highest BCUT2D eigenvalue weighted by Crippen LogP contribution is 2.20. The number of nitrogens with one attached hydrogen (secondary N) is 1. The number of primary amides is 1. The van der Waals surface area contributed by atoms with E-state index in [-0.39, 0.29) is 11.9 Å². The Morgan fingerprint density at radius 2 is 2.27 bits per heavy atom. The summed E-state index contributed by atoms with van der Waals surface area (Å²) < 4.78 is 0. The minimum atomic E-state index is -0.204. The lowest BCUT2D eigenvalue weighted by molar-refractivity contribution is -0.119. The van der Waals surface area contributed by atoms with Gasteiger partial charge in [-0.3, -0.25) is 4.79 Å². The molecule has 3 N–H and O–H groups in total. The summed E-state index contributed by atoms with van der Waals surface area (Å²) in [7, 11) is 0. The van der Waals surface area contributed by atoms with Crippen molar-refractivity contribution >= 4 is 17.7 Å². The van der Waals surface area contributed by atoms with Crippen LogP contribution < -0.4 is 11.1 Å². The average molecular weight is 230 g/mol. The fourth-order valence-electron chi connectivity index (χ4n) is 1.40. The van der Waals surface area contributed by atoms with Gasteiger partial charge >= 0.3 is 0 Å². The summed E-state index contributed by atoms with van der Waals surface area (Å²) in [5, 5.41) is 3.29. The third-order valence-corrected chi connectivity index (χ3v) is 3.68. The minimum absolute atomic E-state index is 0.121. The molecular formula is C11H22N2OS. The maximum atomic E-state index is 11.1. The van der Waals surface area contributed by atoms with E-state index in [9.17, 15) is 4.79 Å². The molecule has 1 aliphatic carbocycles. The van der Waals surface area contributed by atoms with Crippen LogP contribution in [0.25, 0.3) is 0 Å². The molecule has 0 aliphatic heterocycles. The van der Waals surface area contributed by atoms with E-state index in [0.717, 1.165) is 11.5 Å². The van der Waals surface area contributed by atoms with Gasteiger partial charge in [0.2, 0.25) is 5.91 Å². The molecule has 3 nitrogen and oxygen atoms in total. The molecule has 0 heterocycles. The van der Waals surface area contributed by atoms with Crippen LogP contribution in [0.3, 0.4) is 0 Å². The molecule has 0 aromatic carbocycles. The van der Waals surface area contributed by atoms with Gasteiger partial charge < -0.3 is 11.1 Å². The van der Waals surface area contributed by atoms with Crippen molar-refractivity contribution in [3.8, 4) is 0 Å². The Morgan fingerprint density at radius 3 is 2.80 bits per heavy atom. The fourth-order valence-corrected chi connectivity index (χ4v) is 2.47. The average Bonchev–Trinajstić information content (AvgIpc) is 2.99. The van der Waals surface area contributed by atoms with Crippen LogP contribution in [0.15, 0.2) is 0 Å². The van der Waals surface area contributed by atoms with E-state index in [0.29, 0.717) is 6.04 Å². The van der Waals surface area contributed by atoms with Crippen LogP contribution >= 0.6 is 11.8 Å². The quantitative estimate of drug-likeness (QED) is 0.590. The Morgan fingerprint density at radius 1 is 1.53 bits per heavy atom. The first kappa shape index (κ1) is 12.8. The van der Waals surface area contributed by atoms with Crippen LogP contribution in [-0.2, 0) is 4.79 Å². The maximum absolute atomic E-state index is 11.1. The highest BCUT2D eigenvalue weighted by atomic mass is 32.2. The van der Waals surface area contributed by atoms with Gasteiger partial charge in [0.15, 0.2) is 0 Å². The molecule has 0 saturated heterocycles. The number of hydrogen-bond donors (Lipinski definition) is 2. The van der Waals surface area contributed by atoms with Crippen molar-refractivity contribution in [2.45, 2.75) is 51.1 Å². The molecule has 0 aromatic heterocycles. The molecule has 0 bridgehead atoms. The molecule has 1 amide bonds. The lowest BCUT2D eigenvalue weighted by atomic mass is 10.3. The second-order valence-electron chi connectivity index (χ2n) is 4.18. The van der Waals surface area contributed by atoms with Crippen LogP contribution in [0.4, 0.5) is 0 Å². The zero-order valence-corrected chi connectivity index (χ0v) is 10.3. The Kier molecular flexibility index (Phi) is 6.10. The summed E-state index contributed by atoms with van der Waals surface area (Å²) >= 11 is 1.84. The van der Waals surface area contributed by atoms with Crippen LogP contribution in [0, 0.1) is 0 Å². The van der Waals surface area contributed by atoms with Crippen LogP contribution in [-0.4, -0.2) is 29.5 Å². The van der Waals surface area contributed by atoms with Crippen molar-refractivity contribution in [3.05, 3.63) is 0 Å². The molecule has 1 aliphatic rings. The molecule has 0 aromatic rings. The van der Waals surface area contributed by atoms with Gasteiger partial charge in [0.05, 0.1) is 6.04 Å². The molecule has 0 radical (unpaired) electrons. The molecule has 1 atom stereocenters. The first-order chi connectivity index (χ1) is 7.24. The van der Waals surface area contributed by atoms with Crippen LogP contribution in [0.2, 0.25) is 0 Å². The molecule has 1 rings (SSSR count). The van der Waals surface area contributed by atoms with E-state index in [1.807, 2.05) is 11.8 Å². The second-order valence-corrected chi connectivity index (χ2v) is 5.33. The number of carbonyl (C=O) groups excluding carboxylic acids is 1. The molecule has 4 heteroatoms. The fraction of sp³-hybridized carbons (Fsp3) is 0.909. The van der Waals surface area contributed by atoms with Crippen molar-refractivity contribution in [3.63, 3.8) is 0 Å². The van der Waals surface area contributed by atoms with Crippen LogP contribution in [0.1, 0.15) is 39.0 Å². The highest BCUT2D eigenvalue weighted by Gasteiger charge is 2.26. The zero-order valence-electron chi connectivity index (χ0n) is 9.50. The predicted octanol–water partition coefficient (Wildman–Crippen LogP) is 1.52. The number of rotatable bonds is 9. The summed E-state index contributed by atoms with van der Waals surface area (Å²) in [6.07, 6.45) is 6.18. The second kappa shape index (κ2) is 7.12. The van der Waals surface area contributed by atoms with E-state index in [4.69, 9.17) is 5.73 Å². The third kappa shape index (κ3) is 6.05. The predicted molar refractivity (Wildman–Crippen MR) is 66.0 cm³/mol. The van der Waals surface area contributed by atoms with Gasteiger partial charge in [0.25, 0.3) is 0 Å². The van der Waals surface area contributed by atoms with E-state index in [2.05, 4.69) is 12.2 Å². The lowest BCUT2D eigenvalue weighted by Crippen LogP contribution is -2.44. The number of unbranched alkanes of at least 4 members (excludes halogenated alkanes) is 2. The normalized spacial score (nSPS) is 17.7. The third-order valence-electron chi connectivity index (χ3n) is 2.53. The monoisotopic (exact) mass is 230 g/mol. The van der Waals surface area contributed by atoms with Crippen molar-refractivity contribution < 1.29 is 4.79 Å². The standard InChI is InChI=1S/C11H22N2OS/c1-2-3-4-7-15-8-10(11(12)14)13-9-5-6-9/h9-10,13H,2-8H2,1H3,(H2,12,14). The topological polar surface area (TPSA) is 55.1 Å². The molecule has 15 heavy (non-hydrogen) atoms. The van der Waals surface area contributed by atoms with Crippen molar-refractivity contribution in [2.75, 3.05) is 11.5 Å². The van der Waals surface area contributed by atoms with Gasteiger partial charge in [-0.05, 0) is 25.0 Å². The Bertz CT molecular complexity index is 195. The van der Waals surface area contributed by atoms with Gasteiger partial charge in [0, 0.05) is 11.8 Å². The smallest absolute Gasteiger partial charge is 0.235 e. The Hall–Kier alpha value is -0.220. The number of nitrogens with two attached hydrogens (primary N) is 1. The van der Waals surface area contributed by atoms with Gasteiger partial charge in [-0.2, -0.15) is 11.8 Å². The minimum Gasteiger partial charge on any atom is -0.368 e. The zero-order chi connectivity index (χ0) is 11.1. The molecule has 1 saturated carbocycles. The molecule has 0 spiro atoms. The summed E-state index contributed by atoms with van der Waals surface area (Å²) in [5.74, 6) is 1.77. The largest absolute Gasteiger partial charge is 0.368 e. The van der Waals surface area contributed by atoms with Gasteiger partial charge in [-0.15, -0.1) is 0 Å². The highest BCUT2D eigenvalue weighted by molar-refractivity contribution is 7.99. The summed E-state index contributed by atoms with van der Waals surface area (Å²) in [5.41, 5.74) is 5.34. The lowest BCUT2D eigenvalue weighted by Gasteiger charge is -2.14. The number of amides is 1. The Balaban J connectivity index is 2.05. The van der Waals surface area contributed by atoms with E-state index in [1.165, 1.54) is 32.1 Å². The SMILES string of the molecule is CCCCCSCC(NC1CC1)C(N)=O. The van der Waals surface area contributed by atoms with Crippen molar-refractivity contribution in [2.24, 2.45) is 5.73 Å². The first-order valence-electron chi connectivity index (χ1n) is 5.87. The van der Waals surface area contributed by atoms with E-state index in [1.54, 1.807) is 0 Å². The molecule has 1 fully saturated rings. The van der Waals surface area contributed by atoms with Crippen molar-refractivity contribution in [1.82, 2.24) is 5.32 Å². The molecular weight excluding hydrogens is 208 g/mol. The number of thioether (sulfide) groups is 1. The van der Waals surface area contributed by atoms with Gasteiger partial charge in [0.1, 0.15) is 0 Å². The van der Waals surface area contributed by atoms with Gasteiger partial charge in [-0.1, -0.05) is 19.8 Å². The molecule has 1 unspecified atom stereocenters. The van der Waals surface area contributed by atoms with E-state index >= 15 is 0 Å². The number of carbonyl (C=O) groups is 1. The van der Waals surface area contributed by atoms with Crippen LogP contribution in [0.5, 0.6) is 0 Å². The summed E-state index contributed by atoms with van der Waals surface area (Å²) in [4.78, 5) is 11.1.